The Hall–Kier alpha value is -0.730. The number of amides is 1. The monoisotopic (exact) mass is 170 g/mol. The van der Waals surface area contributed by atoms with Gasteiger partial charge in [-0.05, 0) is 18.8 Å². The van der Waals surface area contributed by atoms with Crippen molar-refractivity contribution in [3.63, 3.8) is 0 Å². The second kappa shape index (κ2) is 5.01. The van der Waals surface area contributed by atoms with Crippen molar-refractivity contribution in [1.29, 1.82) is 0 Å². The first-order valence-electron chi connectivity index (χ1n) is 4.67. The fourth-order valence-corrected chi connectivity index (χ4v) is 1.84. The largest absolute Gasteiger partial charge is 0.448 e. The van der Waals surface area contributed by atoms with Gasteiger partial charge in [0.25, 0.3) is 0 Å². The Bertz CT molecular complexity index is 141. The predicted molar refractivity (Wildman–Crippen MR) is 45.6 cm³/mol. The first kappa shape index (κ1) is 9.36. The Balaban J connectivity index is 1.91. The molecule has 0 heterocycles. The van der Waals surface area contributed by atoms with Gasteiger partial charge in [-0.15, -0.1) is 0 Å². The van der Waals surface area contributed by atoms with Crippen LogP contribution in [0.25, 0.3) is 0 Å². The predicted octanol–water partition coefficient (Wildman–Crippen LogP) is 2.38. The lowest BCUT2D eigenvalue weighted by Gasteiger charge is -2.07. The molecule has 1 N–H and O–H groups in total. The van der Waals surface area contributed by atoms with Crippen LogP contribution in [-0.2, 0) is 4.74 Å². The van der Waals surface area contributed by atoms with Crippen LogP contribution in [-0.4, -0.2) is 12.7 Å². The zero-order valence-electron chi connectivity index (χ0n) is 7.34. The number of hydrogen-bond acceptors (Lipinski definition) is 2. The highest BCUT2D eigenvalue weighted by Crippen LogP contribution is 2.28. The van der Waals surface area contributed by atoms with Crippen LogP contribution in [0.15, 0.2) is 0 Å². The van der Waals surface area contributed by atoms with E-state index in [1.165, 1.54) is 25.7 Å². The molecular formula is C9H16NO2. The molecule has 0 aromatic rings. The summed E-state index contributed by atoms with van der Waals surface area (Å²) in [6.07, 6.45) is 6.60. The van der Waals surface area contributed by atoms with Crippen LogP contribution in [0.4, 0.5) is 4.79 Å². The zero-order valence-corrected chi connectivity index (χ0v) is 7.34. The fraction of sp³-hybridized carbons (Fsp3) is 0.889. The maximum atomic E-state index is 10.1. The SMILES string of the molecule is [NH]C(=O)OCCCC1CCCC1. The third-order valence-electron chi connectivity index (χ3n) is 2.46. The minimum Gasteiger partial charge on any atom is -0.448 e. The molecule has 0 spiro atoms. The molecule has 1 saturated carbocycles. The van der Waals surface area contributed by atoms with Crippen LogP contribution in [0, 0.1) is 5.92 Å². The summed E-state index contributed by atoms with van der Waals surface area (Å²) in [5.41, 5.74) is 6.50. The molecule has 0 aromatic carbocycles. The molecule has 1 amide bonds. The standard InChI is InChI=1S/C9H16NO2/c10-9(11)12-7-3-6-8-4-1-2-5-8/h8,10H,1-7H2. The van der Waals surface area contributed by atoms with Crippen molar-refractivity contribution < 1.29 is 9.53 Å². The third kappa shape index (κ3) is 3.60. The van der Waals surface area contributed by atoms with Crippen molar-refractivity contribution in [2.75, 3.05) is 6.61 Å². The van der Waals surface area contributed by atoms with Gasteiger partial charge in [-0.1, -0.05) is 25.7 Å². The summed E-state index contributed by atoms with van der Waals surface area (Å²) in [6.45, 7) is 0.429. The second-order valence-electron chi connectivity index (χ2n) is 3.43. The van der Waals surface area contributed by atoms with Crippen molar-refractivity contribution in [2.24, 2.45) is 5.92 Å². The summed E-state index contributed by atoms with van der Waals surface area (Å²) >= 11 is 0. The lowest BCUT2D eigenvalue weighted by atomic mass is 10.0. The van der Waals surface area contributed by atoms with Gasteiger partial charge in [0.2, 0.25) is 0 Å². The van der Waals surface area contributed by atoms with Gasteiger partial charge in [-0.3, -0.25) is 0 Å². The van der Waals surface area contributed by atoms with E-state index in [1.54, 1.807) is 0 Å². The van der Waals surface area contributed by atoms with Gasteiger partial charge in [-0.25, -0.2) is 10.5 Å². The Labute approximate surface area is 73.3 Å². The van der Waals surface area contributed by atoms with Crippen molar-refractivity contribution in [1.82, 2.24) is 5.73 Å². The van der Waals surface area contributed by atoms with Crippen molar-refractivity contribution in [3.8, 4) is 0 Å². The minimum absolute atomic E-state index is 0.429. The molecule has 1 aliphatic carbocycles. The molecular weight excluding hydrogens is 154 g/mol. The molecule has 0 aromatic heterocycles. The van der Waals surface area contributed by atoms with Gasteiger partial charge in [0, 0.05) is 0 Å². The van der Waals surface area contributed by atoms with Crippen LogP contribution in [0.2, 0.25) is 0 Å². The van der Waals surface area contributed by atoms with Crippen molar-refractivity contribution >= 4 is 6.09 Å². The lowest BCUT2D eigenvalue weighted by Crippen LogP contribution is -2.05. The van der Waals surface area contributed by atoms with Crippen LogP contribution >= 0.6 is 0 Å². The number of ether oxygens (including phenoxy) is 1. The lowest BCUT2D eigenvalue weighted by molar-refractivity contribution is 0.151. The highest BCUT2D eigenvalue weighted by Gasteiger charge is 2.14. The molecule has 0 unspecified atom stereocenters. The zero-order chi connectivity index (χ0) is 8.81. The Kier molecular flexibility index (Phi) is 3.91. The molecule has 0 saturated heterocycles. The van der Waals surface area contributed by atoms with E-state index in [1.807, 2.05) is 0 Å². The second-order valence-corrected chi connectivity index (χ2v) is 3.43. The molecule has 0 atom stereocenters. The molecule has 1 radical (unpaired) electrons. The summed E-state index contributed by atoms with van der Waals surface area (Å²) < 4.78 is 4.53. The van der Waals surface area contributed by atoms with Crippen LogP contribution in [0.5, 0.6) is 0 Å². The van der Waals surface area contributed by atoms with Crippen LogP contribution in [0.3, 0.4) is 0 Å². The third-order valence-corrected chi connectivity index (χ3v) is 2.46. The van der Waals surface area contributed by atoms with E-state index in [9.17, 15) is 4.79 Å². The Morgan fingerprint density at radius 3 is 2.67 bits per heavy atom. The Morgan fingerprint density at radius 1 is 1.42 bits per heavy atom. The maximum absolute atomic E-state index is 10.1. The normalized spacial score (nSPS) is 18.0. The molecule has 69 valence electrons. The molecule has 0 bridgehead atoms. The van der Waals surface area contributed by atoms with E-state index in [2.05, 4.69) is 4.74 Å². The molecule has 12 heavy (non-hydrogen) atoms. The average molecular weight is 170 g/mol. The summed E-state index contributed by atoms with van der Waals surface area (Å²) in [6, 6.07) is 0. The Morgan fingerprint density at radius 2 is 2.08 bits per heavy atom. The van der Waals surface area contributed by atoms with E-state index in [0.29, 0.717) is 6.61 Å². The van der Waals surface area contributed by atoms with Gasteiger partial charge in [0.05, 0.1) is 6.61 Å². The van der Waals surface area contributed by atoms with E-state index < -0.39 is 6.09 Å². The smallest absolute Gasteiger partial charge is 0.426 e. The summed E-state index contributed by atoms with van der Waals surface area (Å²) in [5.74, 6) is 0.856. The summed E-state index contributed by atoms with van der Waals surface area (Å²) in [7, 11) is 0. The highest BCUT2D eigenvalue weighted by molar-refractivity contribution is 5.63. The fourth-order valence-electron chi connectivity index (χ4n) is 1.84. The molecule has 1 rings (SSSR count). The number of carbonyl (C=O) groups excluding carboxylic acids is 1. The minimum atomic E-state index is -0.901. The van der Waals surface area contributed by atoms with Crippen molar-refractivity contribution in [2.45, 2.75) is 38.5 Å². The van der Waals surface area contributed by atoms with E-state index in [0.717, 1.165) is 18.8 Å². The van der Waals surface area contributed by atoms with Gasteiger partial charge < -0.3 is 4.74 Å². The number of nitrogens with one attached hydrogen (secondary N) is 1. The molecule has 1 fully saturated rings. The molecule has 3 heteroatoms. The van der Waals surface area contributed by atoms with Crippen LogP contribution in [0.1, 0.15) is 38.5 Å². The maximum Gasteiger partial charge on any atom is 0.426 e. The van der Waals surface area contributed by atoms with Gasteiger partial charge in [-0.2, -0.15) is 0 Å². The number of hydrogen-bond donors (Lipinski definition) is 0. The van der Waals surface area contributed by atoms with Gasteiger partial charge in [0.1, 0.15) is 0 Å². The number of carbonyl (C=O) groups is 1. The highest BCUT2D eigenvalue weighted by atomic mass is 16.5. The van der Waals surface area contributed by atoms with Gasteiger partial charge in [0.15, 0.2) is 0 Å². The topological polar surface area (TPSA) is 50.1 Å². The summed E-state index contributed by atoms with van der Waals surface area (Å²) in [4.78, 5) is 10.1. The molecule has 0 aliphatic heterocycles. The van der Waals surface area contributed by atoms with E-state index in [-0.39, 0.29) is 0 Å². The van der Waals surface area contributed by atoms with E-state index >= 15 is 0 Å². The quantitative estimate of drug-likeness (QED) is 0.608. The van der Waals surface area contributed by atoms with Crippen LogP contribution < -0.4 is 5.73 Å². The first-order valence-corrected chi connectivity index (χ1v) is 4.67. The van der Waals surface area contributed by atoms with E-state index in [4.69, 9.17) is 5.73 Å². The molecule has 3 nitrogen and oxygen atoms in total. The number of rotatable bonds is 4. The summed E-state index contributed by atoms with van der Waals surface area (Å²) in [5, 5.41) is 0. The van der Waals surface area contributed by atoms with Gasteiger partial charge >= 0.3 is 6.09 Å². The average Bonchev–Trinajstić information content (AvgIpc) is 2.49. The molecule has 1 aliphatic rings. The van der Waals surface area contributed by atoms with Crippen molar-refractivity contribution in [3.05, 3.63) is 0 Å². The first-order chi connectivity index (χ1) is 5.79.